The lowest BCUT2D eigenvalue weighted by molar-refractivity contribution is -0.120. The molecule has 0 fully saturated rings. The van der Waals surface area contributed by atoms with E-state index in [-0.39, 0.29) is 17.6 Å². The molecule has 4 aromatic rings. The minimum Gasteiger partial charge on any atom is -0.346 e. The van der Waals surface area contributed by atoms with Gasteiger partial charge in [-0.15, -0.1) is 0 Å². The lowest BCUT2D eigenvalue weighted by Gasteiger charge is -2.19. The number of aromatic amines is 2. The third-order valence-corrected chi connectivity index (χ3v) is 6.01. The summed E-state index contributed by atoms with van der Waals surface area (Å²) in [6, 6.07) is 7.78. The van der Waals surface area contributed by atoms with Gasteiger partial charge in [0.15, 0.2) is 0 Å². The highest BCUT2D eigenvalue weighted by molar-refractivity contribution is 9.09. The van der Waals surface area contributed by atoms with Crippen LogP contribution in [0.2, 0.25) is 0 Å². The second-order valence-corrected chi connectivity index (χ2v) is 7.40. The highest BCUT2D eigenvalue weighted by Crippen LogP contribution is 2.35. The molecule has 0 aliphatic carbocycles. The van der Waals surface area contributed by atoms with Crippen LogP contribution >= 0.6 is 31.9 Å². The van der Waals surface area contributed by atoms with Gasteiger partial charge >= 0.3 is 0 Å². The van der Waals surface area contributed by atoms with Gasteiger partial charge in [-0.3, -0.25) is 4.79 Å². The second kappa shape index (κ2) is 7.32. The van der Waals surface area contributed by atoms with Crippen LogP contribution in [0.15, 0.2) is 49.1 Å². The number of fused-ring (bicyclic) bond motifs is 2. The van der Waals surface area contributed by atoms with E-state index in [9.17, 15) is 4.79 Å². The number of carbonyl (C=O) groups is 1. The van der Waals surface area contributed by atoms with Gasteiger partial charge in [0.05, 0.1) is 11.8 Å². The van der Waals surface area contributed by atoms with E-state index in [0.717, 1.165) is 33.2 Å². The van der Waals surface area contributed by atoms with Gasteiger partial charge < -0.3 is 9.97 Å². The molecule has 0 radical (unpaired) electrons. The molecule has 2 N–H and O–H groups in total. The van der Waals surface area contributed by atoms with E-state index in [1.54, 1.807) is 12.4 Å². The molecule has 0 aliphatic rings. The Kier molecular flexibility index (Phi) is 4.91. The standard InChI is InChI=1S/C19H16Br2N4O/c20-7-13(15-9-24-18-11(15)3-1-5-22-18)17(26)14(8-21)16-10-25-19-12(16)4-2-6-23-19/h1-6,9-10,13-14H,7-8H2,(H,22,24)(H,23,25). The summed E-state index contributed by atoms with van der Waals surface area (Å²) in [6.45, 7) is 0. The summed E-state index contributed by atoms with van der Waals surface area (Å²) >= 11 is 7.09. The first-order valence-electron chi connectivity index (χ1n) is 8.24. The molecule has 7 heteroatoms. The molecule has 5 nitrogen and oxygen atoms in total. The Morgan fingerprint density at radius 3 is 1.77 bits per heavy atom. The number of ketones is 1. The Morgan fingerprint density at radius 1 is 0.885 bits per heavy atom. The molecule has 132 valence electrons. The van der Waals surface area contributed by atoms with E-state index in [4.69, 9.17) is 0 Å². The van der Waals surface area contributed by atoms with Crippen molar-refractivity contribution in [1.29, 1.82) is 0 Å². The smallest absolute Gasteiger partial charge is 0.149 e. The van der Waals surface area contributed by atoms with Gasteiger partial charge in [0.2, 0.25) is 0 Å². The topological polar surface area (TPSA) is 74.4 Å². The fourth-order valence-electron chi connectivity index (χ4n) is 3.40. The van der Waals surface area contributed by atoms with Gasteiger partial charge in [-0.25, -0.2) is 9.97 Å². The maximum absolute atomic E-state index is 13.5. The van der Waals surface area contributed by atoms with Crippen LogP contribution in [-0.2, 0) is 4.79 Å². The van der Waals surface area contributed by atoms with Gasteiger partial charge in [0, 0.05) is 46.2 Å². The van der Waals surface area contributed by atoms with E-state index < -0.39 is 0 Å². The summed E-state index contributed by atoms with van der Waals surface area (Å²) in [5.74, 6) is -0.373. The summed E-state index contributed by atoms with van der Waals surface area (Å²) in [5, 5.41) is 3.08. The number of aromatic nitrogens is 4. The van der Waals surface area contributed by atoms with Gasteiger partial charge in [-0.05, 0) is 35.4 Å². The molecule has 26 heavy (non-hydrogen) atoms. The van der Waals surface area contributed by atoms with Crippen molar-refractivity contribution in [3.8, 4) is 0 Å². The number of H-pyrrole nitrogens is 2. The van der Waals surface area contributed by atoms with Crippen LogP contribution in [0, 0.1) is 0 Å². The van der Waals surface area contributed by atoms with E-state index in [1.165, 1.54) is 0 Å². The quantitative estimate of drug-likeness (QED) is 0.398. The summed E-state index contributed by atoms with van der Waals surface area (Å²) in [7, 11) is 0. The molecule has 0 spiro atoms. The fraction of sp³-hybridized carbons (Fsp3) is 0.211. The van der Waals surface area contributed by atoms with E-state index >= 15 is 0 Å². The van der Waals surface area contributed by atoms with Crippen LogP contribution in [0.25, 0.3) is 22.1 Å². The number of hydrogen-bond donors (Lipinski definition) is 2. The van der Waals surface area contributed by atoms with Crippen molar-refractivity contribution in [2.45, 2.75) is 11.8 Å². The number of pyridine rings is 2. The number of nitrogens with zero attached hydrogens (tertiary/aromatic N) is 2. The van der Waals surface area contributed by atoms with E-state index in [2.05, 4.69) is 51.8 Å². The average molecular weight is 476 g/mol. The molecule has 4 rings (SSSR count). The zero-order valence-corrected chi connectivity index (χ0v) is 16.9. The lowest BCUT2D eigenvalue weighted by Crippen LogP contribution is -2.23. The molecule has 0 saturated carbocycles. The number of halogens is 2. The van der Waals surface area contributed by atoms with Crippen molar-refractivity contribution in [1.82, 2.24) is 19.9 Å². The van der Waals surface area contributed by atoms with Crippen LogP contribution in [-0.4, -0.2) is 36.4 Å². The second-order valence-electron chi connectivity index (χ2n) is 6.10. The Morgan fingerprint density at radius 2 is 1.35 bits per heavy atom. The summed E-state index contributed by atoms with van der Waals surface area (Å²) in [5.41, 5.74) is 3.54. The maximum Gasteiger partial charge on any atom is 0.149 e. The minimum absolute atomic E-state index is 0.160. The van der Waals surface area contributed by atoms with Crippen molar-refractivity contribution in [3.05, 3.63) is 60.2 Å². The van der Waals surface area contributed by atoms with Crippen molar-refractivity contribution in [3.63, 3.8) is 0 Å². The third-order valence-electron chi connectivity index (χ3n) is 4.71. The summed E-state index contributed by atoms with van der Waals surface area (Å²) in [4.78, 5) is 28.5. The van der Waals surface area contributed by atoms with Crippen LogP contribution in [0.1, 0.15) is 23.0 Å². The van der Waals surface area contributed by atoms with Gasteiger partial charge in [0.25, 0.3) is 0 Å². The minimum atomic E-state index is -0.267. The van der Waals surface area contributed by atoms with Crippen molar-refractivity contribution in [2.24, 2.45) is 0 Å². The Bertz CT molecular complexity index is 987. The number of rotatable bonds is 6. The number of alkyl halides is 2. The van der Waals surface area contributed by atoms with Crippen molar-refractivity contribution < 1.29 is 4.79 Å². The molecule has 2 unspecified atom stereocenters. The van der Waals surface area contributed by atoms with E-state index in [0.29, 0.717) is 10.7 Å². The molecular weight excluding hydrogens is 460 g/mol. The predicted molar refractivity (Wildman–Crippen MR) is 110 cm³/mol. The zero-order valence-electron chi connectivity index (χ0n) is 13.7. The molecule has 0 bridgehead atoms. The first-order chi connectivity index (χ1) is 12.7. The van der Waals surface area contributed by atoms with Gasteiger partial charge in [-0.1, -0.05) is 31.9 Å². The third kappa shape index (κ3) is 2.89. The van der Waals surface area contributed by atoms with E-state index in [1.807, 2.05) is 36.7 Å². The maximum atomic E-state index is 13.5. The first kappa shape index (κ1) is 17.4. The molecular formula is C19H16Br2N4O. The Labute approximate surface area is 166 Å². The number of hydrogen-bond acceptors (Lipinski definition) is 3. The Hall–Kier alpha value is -1.99. The largest absolute Gasteiger partial charge is 0.346 e. The van der Waals surface area contributed by atoms with Crippen LogP contribution < -0.4 is 0 Å². The molecule has 4 aromatic heterocycles. The molecule has 0 saturated heterocycles. The van der Waals surface area contributed by atoms with Gasteiger partial charge in [-0.2, -0.15) is 0 Å². The normalized spacial score (nSPS) is 13.9. The molecule has 0 aromatic carbocycles. The van der Waals surface area contributed by atoms with Gasteiger partial charge in [0.1, 0.15) is 17.1 Å². The monoisotopic (exact) mass is 474 g/mol. The zero-order chi connectivity index (χ0) is 18.1. The van der Waals surface area contributed by atoms with Crippen LogP contribution in [0.4, 0.5) is 0 Å². The number of Topliss-reactive ketones (excluding diaryl/α,β-unsaturated/α-hetero) is 1. The molecule has 0 amide bonds. The summed E-state index contributed by atoms with van der Waals surface area (Å²) < 4.78 is 0. The highest BCUT2D eigenvalue weighted by Gasteiger charge is 2.31. The van der Waals surface area contributed by atoms with Crippen LogP contribution in [0.5, 0.6) is 0 Å². The SMILES string of the molecule is O=C(C(CBr)c1c[nH]c2ncccc12)C(CBr)c1c[nH]c2ncccc12. The number of carbonyl (C=O) groups excluding carboxylic acids is 1. The average Bonchev–Trinajstić information content (AvgIpc) is 3.29. The number of nitrogens with one attached hydrogen (secondary N) is 2. The highest BCUT2D eigenvalue weighted by atomic mass is 79.9. The molecule has 0 aliphatic heterocycles. The van der Waals surface area contributed by atoms with Crippen molar-refractivity contribution >= 4 is 59.7 Å². The first-order valence-corrected chi connectivity index (χ1v) is 10.5. The lowest BCUT2D eigenvalue weighted by atomic mass is 9.86. The van der Waals surface area contributed by atoms with Crippen molar-refractivity contribution in [2.75, 3.05) is 10.7 Å². The van der Waals surface area contributed by atoms with Crippen LogP contribution in [0.3, 0.4) is 0 Å². The summed E-state index contributed by atoms with van der Waals surface area (Å²) in [6.07, 6.45) is 7.27. The Balaban J connectivity index is 1.76. The molecule has 4 heterocycles. The predicted octanol–water partition coefficient (Wildman–Crippen LogP) is 4.67. The fourth-order valence-corrected chi connectivity index (χ4v) is 4.73. The molecule has 2 atom stereocenters.